The van der Waals surface area contributed by atoms with Gasteiger partial charge in [0.25, 0.3) is 0 Å². The van der Waals surface area contributed by atoms with E-state index in [2.05, 4.69) is 20.3 Å². The zero-order valence-corrected chi connectivity index (χ0v) is 12.9. The molecule has 0 saturated carbocycles. The number of nitrogens with zero attached hydrogens (tertiary/aromatic N) is 2. The van der Waals surface area contributed by atoms with Crippen LogP contribution in [0, 0.1) is 0 Å². The highest BCUT2D eigenvalue weighted by Crippen LogP contribution is 2.20. The van der Waals surface area contributed by atoms with Crippen molar-refractivity contribution in [3.05, 3.63) is 60.5 Å². The van der Waals surface area contributed by atoms with Gasteiger partial charge < -0.3 is 14.5 Å². The summed E-state index contributed by atoms with van der Waals surface area (Å²) in [6.07, 6.45) is 1.27. The summed E-state index contributed by atoms with van der Waals surface area (Å²) in [4.78, 5) is 12.1. The second-order valence-corrected chi connectivity index (χ2v) is 5.07. The third-order valence-corrected chi connectivity index (χ3v) is 3.26. The number of amides is 1. The van der Waals surface area contributed by atoms with E-state index in [1.165, 1.54) is 18.5 Å². The standard InChI is InChI=1S/C17H13F2N3O3/c18-17(19)25-14-3-1-2-11(8-14)9-15(23)21-13-6-4-12(5-7-13)16-22-20-10-24-16/h1-8,10,17H,9H2,(H,21,23). The summed E-state index contributed by atoms with van der Waals surface area (Å²) in [6, 6.07) is 12.9. The first-order valence-corrected chi connectivity index (χ1v) is 7.30. The summed E-state index contributed by atoms with van der Waals surface area (Å²) in [6.45, 7) is -2.90. The van der Waals surface area contributed by atoms with E-state index < -0.39 is 6.61 Å². The number of carbonyl (C=O) groups excluding carboxylic acids is 1. The van der Waals surface area contributed by atoms with Crippen LogP contribution in [0.4, 0.5) is 14.5 Å². The van der Waals surface area contributed by atoms with E-state index in [4.69, 9.17) is 4.42 Å². The first-order chi connectivity index (χ1) is 12.1. The molecule has 1 heterocycles. The van der Waals surface area contributed by atoms with Gasteiger partial charge in [-0.3, -0.25) is 4.79 Å². The Morgan fingerprint density at radius 3 is 2.68 bits per heavy atom. The summed E-state index contributed by atoms with van der Waals surface area (Å²) < 4.78 is 33.8. The molecular formula is C17H13F2N3O3. The Kier molecular flexibility index (Phi) is 4.98. The van der Waals surface area contributed by atoms with Crippen molar-refractivity contribution in [1.82, 2.24) is 10.2 Å². The first kappa shape index (κ1) is 16.6. The molecule has 0 radical (unpaired) electrons. The van der Waals surface area contributed by atoms with Gasteiger partial charge in [-0.05, 0) is 42.0 Å². The van der Waals surface area contributed by atoms with E-state index in [1.54, 1.807) is 36.4 Å². The van der Waals surface area contributed by atoms with Gasteiger partial charge in [0.2, 0.25) is 18.2 Å². The van der Waals surface area contributed by atoms with Crippen molar-refractivity contribution >= 4 is 11.6 Å². The van der Waals surface area contributed by atoms with E-state index in [9.17, 15) is 13.6 Å². The summed E-state index contributed by atoms with van der Waals surface area (Å²) in [7, 11) is 0. The molecule has 1 aromatic heterocycles. The number of nitrogens with one attached hydrogen (secondary N) is 1. The van der Waals surface area contributed by atoms with Crippen LogP contribution in [0.25, 0.3) is 11.5 Å². The quantitative estimate of drug-likeness (QED) is 0.740. The Hall–Kier alpha value is -3.29. The fourth-order valence-electron chi connectivity index (χ4n) is 2.22. The molecule has 0 fully saturated rings. The zero-order valence-electron chi connectivity index (χ0n) is 12.9. The predicted octanol–water partition coefficient (Wildman–Crippen LogP) is 3.52. The first-order valence-electron chi connectivity index (χ1n) is 7.30. The molecule has 0 atom stereocenters. The normalized spacial score (nSPS) is 10.7. The Morgan fingerprint density at radius 1 is 1.20 bits per heavy atom. The molecule has 128 valence electrons. The number of rotatable bonds is 6. The lowest BCUT2D eigenvalue weighted by atomic mass is 10.1. The second-order valence-electron chi connectivity index (χ2n) is 5.07. The summed E-state index contributed by atoms with van der Waals surface area (Å²) in [5.41, 5.74) is 1.89. The minimum absolute atomic E-state index is 0.0178. The van der Waals surface area contributed by atoms with Crippen molar-refractivity contribution < 1.29 is 22.7 Å². The maximum Gasteiger partial charge on any atom is 0.387 e. The molecule has 1 N–H and O–H groups in total. The van der Waals surface area contributed by atoms with Gasteiger partial charge in [-0.2, -0.15) is 8.78 Å². The number of anilines is 1. The lowest BCUT2D eigenvalue weighted by molar-refractivity contribution is -0.115. The molecule has 0 saturated heterocycles. The van der Waals surface area contributed by atoms with Gasteiger partial charge in [0, 0.05) is 11.3 Å². The molecule has 0 spiro atoms. The molecule has 25 heavy (non-hydrogen) atoms. The van der Waals surface area contributed by atoms with Gasteiger partial charge in [0.15, 0.2) is 0 Å². The van der Waals surface area contributed by atoms with Crippen LogP contribution < -0.4 is 10.1 Å². The van der Waals surface area contributed by atoms with Crippen LogP contribution in [0.5, 0.6) is 5.75 Å². The van der Waals surface area contributed by atoms with Crippen LogP contribution in [0.15, 0.2) is 59.3 Å². The van der Waals surface area contributed by atoms with Crippen molar-refractivity contribution in [2.45, 2.75) is 13.0 Å². The topological polar surface area (TPSA) is 77.2 Å². The summed E-state index contributed by atoms with van der Waals surface area (Å²) in [5.74, 6) is 0.123. The highest BCUT2D eigenvalue weighted by atomic mass is 19.3. The number of ether oxygens (including phenoxy) is 1. The number of hydrogen-bond donors (Lipinski definition) is 1. The van der Waals surface area contributed by atoms with Gasteiger partial charge in [-0.25, -0.2) is 0 Å². The average Bonchev–Trinajstić information content (AvgIpc) is 3.09. The van der Waals surface area contributed by atoms with Gasteiger partial charge >= 0.3 is 6.61 Å². The lowest BCUT2D eigenvalue weighted by Gasteiger charge is -2.08. The monoisotopic (exact) mass is 345 g/mol. The van der Waals surface area contributed by atoms with Gasteiger partial charge in [0.05, 0.1) is 6.42 Å². The average molecular weight is 345 g/mol. The van der Waals surface area contributed by atoms with Crippen LogP contribution in [-0.2, 0) is 11.2 Å². The van der Waals surface area contributed by atoms with E-state index in [0.29, 0.717) is 17.1 Å². The molecule has 8 heteroatoms. The highest BCUT2D eigenvalue weighted by Gasteiger charge is 2.09. The van der Waals surface area contributed by atoms with Crippen LogP contribution >= 0.6 is 0 Å². The Bertz CT molecular complexity index is 837. The molecular weight excluding hydrogens is 332 g/mol. The largest absolute Gasteiger partial charge is 0.435 e. The Morgan fingerprint density at radius 2 is 2.00 bits per heavy atom. The number of aromatic nitrogens is 2. The molecule has 3 aromatic rings. The Balaban J connectivity index is 1.61. The molecule has 1 amide bonds. The molecule has 0 aliphatic carbocycles. The molecule has 3 rings (SSSR count). The highest BCUT2D eigenvalue weighted by molar-refractivity contribution is 5.92. The van der Waals surface area contributed by atoms with E-state index in [-0.39, 0.29) is 18.1 Å². The smallest absolute Gasteiger partial charge is 0.387 e. The zero-order chi connectivity index (χ0) is 17.6. The molecule has 0 bridgehead atoms. The van der Waals surface area contributed by atoms with Crippen molar-refractivity contribution in [3.8, 4) is 17.2 Å². The molecule has 0 aliphatic rings. The number of hydrogen-bond acceptors (Lipinski definition) is 5. The fraction of sp³-hybridized carbons (Fsp3) is 0.118. The minimum atomic E-state index is -2.90. The van der Waals surface area contributed by atoms with Crippen LogP contribution in [0.3, 0.4) is 0 Å². The van der Waals surface area contributed by atoms with Crippen molar-refractivity contribution in [2.24, 2.45) is 0 Å². The van der Waals surface area contributed by atoms with E-state index in [1.807, 2.05) is 0 Å². The predicted molar refractivity (Wildman–Crippen MR) is 85.1 cm³/mol. The number of alkyl halides is 2. The van der Waals surface area contributed by atoms with Crippen LogP contribution in [0.2, 0.25) is 0 Å². The van der Waals surface area contributed by atoms with Crippen LogP contribution in [-0.4, -0.2) is 22.7 Å². The second kappa shape index (κ2) is 7.52. The van der Waals surface area contributed by atoms with Crippen molar-refractivity contribution in [3.63, 3.8) is 0 Å². The van der Waals surface area contributed by atoms with Gasteiger partial charge in [0.1, 0.15) is 5.75 Å². The molecule has 6 nitrogen and oxygen atoms in total. The van der Waals surface area contributed by atoms with Crippen molar-refractivity contribution in [2.75, 3.05) is 5.32 Å². The Labute approximate surface area is 141 Å². The maximum absolute atomic E-state index is 12.2. The molecule has 2 aromatic carbocycles. The van der Waals surface area contributed by atoms with Gasteiger partial charge in [-0.1, -0.05) is 12.1 Å². The SMILES string of the molecule is O=C(Cc1cccc(OC(F)F)c1)Nc1ccc(-c2nnco2)cc1. The minimum Gasteiger partial charge on any atom is -0.435 e. The summed E-state index contributed by atoms with van der Waals surface area (Å²) >= 11 is 0. The van der Waals surface area contributed by atoms with E-state index in [0.717, 1.165) is 5.56 Å². The number of halogens is 2. The van der Waals surface area contributed by atoms with Gasteiger partial charge in [-0.15, -0.1) is 10.2 Å². The molecule has 0 aliphatic heterocycles. The fourth-order valence-corrected chi connectivity index (χ4v) is 2.22. The maximum atomic E-state index is 12.2. The molecule has 0 unspecified atom stereocenters. The number of benzene rings is 2. The third kappa shape index (κ3) is 4.60. The van der Waals surface area contributed by atoms with E-state index >= 15 is 0 Å². The lowest BCUT2D eigenvalue weighted by Crippen LogP contribution is -2.14. The number of carbonyl (C=O) groups is 1. The van der Waals surface area contributed by atoms with Crippen molar-refractivity contribution in [1.29, 1.82) is 0 Å². The van der Waals surface area contributed by atoms with Crippen LogP contribution in [0.1, 0.15) is 5.56 Å². The summed E-state index contributed by atoms with van der Waals surface area (Å²) in [5, 5.41) is 10.1. The third-order valence-electron chi connectivity index (χ3n) is 3.26.